The lowest BCUT2D eigenvalue weighted by atomic mass is 10.2. The number of likely N-dealkylation sites (tertiary alicyclic amines) is 1. The van der Waals surface area contributed by atoms with Crippen LogP contribution in [0.4, 0.5) is 4.79 Å². The highest BCUT2D eigenvalue weighted by Crippen LogP contribution is 2.46. The Balaban J connectivity index is 1.48. The van der Waals surface area contributed by atoms with Crippen LogP contribution in [-0.4, -0.2) is 35.7 Å². The minimum absolute atomic E-state index is 0.187. The highest BCUT2D eigenvalue weighted by atomic mass is 16.6. The minimum atomic E-state index is -0.423. The summed E-state index contributed by atoms with van der Waals surface area (Å²) in [7, 11) is 0. The van der Waals surface area contributed by atoms with Crippen LogP contribution in [0.25, 0.3) is 0 Å². The number of rotatable bonds is 3. The molecule has 0 bridgehead atoms. The van der Waals surface area contributed by atoms with Crippen LogP contribution in [0.5, 0.6) is 0 Å². The van der Waals surface area contributed by atoms with E-state index in [9.17, 15) is 4.79 Å². The summed E-state index contributed by atoms with van der Waals surface area (Å²) in [6.45, 7) is 11.4. The number of carbonyl (C=O) groups excluding carboxylic acids is 1. The van der Waals surface area contributed by atoms with Gasteiger partial charge in [0.15, 0.2) is 0 Å². The van der Waals surface area contributed by atoms with Crippen molar-refractivity contribution in [2.24, 2.45) is 11.8 Å². The Morgan fingerprint density at radius 1 is 1.36 bits per heavy atom. The van der Waals surface area contributed by atoms with Crippen LogP contribution in [-0.2, 0) is 4.74 Å². The third-order valence-electron chi connectivity index (χ3n) is 4.48. The van der Waals surface area contributed by atoms with Gasteiger partial charge in [0.1, 0.15) is 17.1 Å². The number of aryl methyl sites for hydroxylation is 1. The van der Waals surface area contributed by atoms with E-state index in [0.29, 0.717) is 17.9 Å². The maximum absolute atomic E-state index is 12.0. The Bertz CT molecular complexity index is 548. The lowest BCUT2D eigenvalue weighted by Crippen LogP contribution is -2.39. The second-order valence-corrected chi connectivity index (χ2v) is 7.58. The topological polar surface area (TPSA) is 54.7 Å². The number of amides is 1. The van der Waals surface area contributed by atoms with E-state index in [1.165, 1.54) is 0 Å². The Kier molecular flexibility index (Phi) is 3.71. The molecule has 2 heterocycles. The highest BCUT2D eigenvalue weighted by molar-refractivity contribution is 5.69. The molecule has 1 amide bonds. The Labute approximate surface area is 132 Å². The lowest BCUT2D eigenvalue weighted by molar-refractivity contribution is 0.0268. The van der Waals surface area contributed by atoms with Crippen molar-refractivity contribution in [3.8, 4) is 0 Å². The van der Waals surface area contributed by atoms with Gasteiger partial charge in [0.2, 0.25) is 0 Å². The van der Waals surface area contributed by atoms with E-state index in [0.717, 1.165) is 24.6 Å². The Morgan fingerprint density at radius 2 is 2.00 bits per heavy atom. The number of furan rings is 1. The van der Waals surface area contributed by atoms with Crippen LogP contribution < -0.4 is 5.32 Å². The third-order valence-corrected chi connectivity index (χ3v) is 4.48. The quantitative estimate of drug-likeness (QED) is 0.932. The molecule has 2 fully saturated rings. The van der Waals surface area contributed by atoms with E-state index in [2.05, 4.69) is 12.2 Å². The number of piperidine rings is 1. The van der Waals surface area contributed by atoms with Gasteiger partial charge in [-0.15, -0.1) is 0 Å². The number of carbonyl (C=O) groups is 1. The van der Waals surface area contributed by atoms with Crippen molar-refractivity contribution in [1.29, 1.82) is 0 Å². The zero-order valence-corrected chi connectivity index (χ0v) is 14.1. The van der Waals surface area contributed by atoms with Crippen molar-refractivity contribution in [2.75, 3.05) is 13.1 Å². The van der Waals surface area contributed by atoms with E-state index in [1.54, 1.807) is 0 Å². The largest absolute Gasteiger partial charge is 0.465 e. The van der Waals surface area contributed by atoms with Crippen molar-refractivity contribution in [3.05, 3.63) is 23.7 Å². The van der Waals surface area contributed by atoms with Gasteiger partial charge in [-0.1, -0.05) is 0 Å². The standard InChI is InChI=1S/C17H26N2O3/c1-10-6-7-14(21-10)11(2)18-15-12-8-19(9-13(12)15)16(20)22-17(3,4)5/h6-7,11-13,15,18H,8-9H2,1-5H3. The SMILES string of the molecule is Cc1ccc(C(C)NC2C3CN(C(=O)OC(C)(C)C)CC32)o1. The molecule has 122 valence electrons. The van der Waals surface area contributed by atoms with E-state index in [4.69, 9.17) is 9.15 Å². The lowest BCUT2D eigenvalue weighted by Gasteiger charge is -2.26. The second-order valence-electron chi connectivity index (χ2n) is 7.58. The van der Waals surface area contributed by atoms with E-state index in [-0.39, 0.29) is 12.1 Å². The van der Waals surface area contributed by atoms with Gasteiger partial charge in [-0.2, -0.15) is 0 Å². The highest BCUT2D eigenvalue weighted by Gasteiger charge is 2.57. The summed E-state index contributed by atoms with van der Waals surface area (Å²) in [4.78, 5) is 13.9. The number of fused-ring (bicyclic) bond motifs is 1. The molecule has 1 aliphatic heterocycles. The molecule has 5 nitrogen and oxygen atoms in total. The van der Waals surface area contributed by atoms with Crippen LogP contribution in [0.15, 0.2) is 16.5 Å². The average Bonchev–Trinajstić information content (AvgIpc) is 2.83. The third kappa shape index (κ3) is 3.14. The van der Waals surface area contributed by atoms with Crippen LogP contribution in [0, 0.1) is 18.8 Å². The normalized spacial score (nSPS) is 28.4. The first-order valence-electron chi connectivity index (χ1n) is 8.05. The van der Waals surface area contributed by atoms with Gasteiger partial charge in [-0.3, -0.25) is 0 Å². The van der Waals surface area contributed by atoms with Crippen molar-refractivity contribution in [3.63, 3.8) is 0 Å². The molecule has 0 aromatic carbocycles. The first kappa shape index (κ1) is 15.4. The average molecular weight is 306 g/mol. The van der Waals surface area contributed by atoms with Crippen LogP contribution in [0.3, 0.4) is 0 Å². The molecular formula is C17H26N2O3. The molecule has 1 aliphatic carbocycles. The molecule has 1 aromatic rings. The first-order valence-corrected chi connectivity index (χ1v) is 8.05. The summed E-state index contributed by atoms with van der Waals surface area (Å²) in [5.41, 5.74) is -0.423. The van der Waals surface area contributed by atoms with E-state index < -0.39 is 5.60 Å². The van der Waals surface area contributed by atoms with Crippen molar-refractivity contribution >= 4 is 6.09 Å². The van der Waals surface area contributed by atoms with E-state index >= 15 is 0 Å². The summed E-state index contributed by atoms with van der Waals surface area (Å²) in [6, 6.07) is 4.71. The molecule has 2 aliphatic rings. The van der Waals surface area contributed by atoms with Crippen LogP contribution in [0.1, 0.15) is 45.3 Å². The molecule has 1 saturated heterocycles. The maximum Gasteiger partial charge on any atom is 0.410 e. The summed E-state index contributed by atoms with van der Waals surface area (Å²) in [6.07, 6.45) is -0.187. The van der Waals surface area contributed by atoms with Gasteiger partial charge in [0.05, 0.1) is 6.04 Å². The summed E-state index contributed by atoms with van der Waals surface area (Å²) in [5.74, 6) is 3.01. The summed E-state index contributed by atoms with van der Waals surface area (Å²) < 4.78 is 11.1. The molecule has 1 aromatic heterocycles. The van der Waals surface area contributed by atoms with E-state index in [1.807, 2.05) is 44.7 Å². The minimum Gasteiger partial charge on any atom is -0.465 e. The number of hydrogen-bond acceptors (Lipinski definition) is 4. The fourth-order valence-corrected chi connectivity index (χ4v) is 3.31. The molecule has 5 heteroatoms. The molecule has 0 radical (unpaired) electrons. The monoisotopic (exact) mass is 306 g/mol. The summed E-state index contributed by atoms with van der Waals surface area (Å²) in [5, 5.41) is 3.62. The maximum atomic E-state index is 12.0. The molecule has 1 saturated carbocycles. The molecule has 0 spiro atoms. The number of ether oxygens (including phenoxy) is 1. The second kappa shape index (κ2) is 5.30. The van der Waals surface area contributed by atoms with Crippen LogP contribution >= 0.6 is 0 Å². The van der Waals surface area contributed by atoms with Crippen molar-refractivity contribution in [1.82, 2.24) is 10.2 Å². The number of nitrogens with one attached hydrogen (secondary N) is 1. The molecule has 3 unspecified atom stereocenters. The van der Waals surface area contributed by atoms with Gasteiger partial charge in [0, 0.05) is 19.1 Å². The molecule has 3 atom stereocenters. The zero-order valence-electron chi connectivity index (χ0n) is 14.1. The van der Waals surface area contributed by atoms with Gasteiger partial charge < -0.3 is 19.4 Å². The Hall–Kier alpha value is -1.49. The van der Waals surface area contributed by atoms with Gasteiger partial charge in [0.25, 0.3) is 0 Å². The van der Waals surface area contributed by atoms with Gasteiger partial charge >= 0.3 is 6.09 Å². The van der Waals surface area contributed by atoms with Gasteiger partial charge in [-0.05, 0) is 58.6 Å². The predicted molar refractivity (Wildman–Crippen MR) is 83.6 cm³/mol. The molecule has 22 heavy (non-hydrogen) atoms. The fourth-order valence-electron chi connectivity index (χ4n) is 3.31. The first-order chi connectivity index (χ1) is 10.2. The molecule has 3 rings (SSSR count). The van der Waals surface area contributed by atoms with Crippen molar-refractivity contribution in [2.45, 2.75) is 52.3 Å². The number of hydrogen-bond donors (Lipinski definition) is 1. The summed E-state index contributed by atoms with van der Waals surface area (Å²) >= 11 is 0. The Morgan fingerprint density at radius 3 is 2.50 bits per heavy atom. The zero-order chi connectivity index (χ0) is 16.1. The van der Waals surface area contributed by atoms with Gasteiger partial charge in [-0.25, -0.2) is 4.79 Å². The number of nitrogens with zero attached hydrogens (tertiary/aromatic N) is 1. The molecular weight excluding hydrogens is 280 g/mol. The predicted octanol–water partition coefficient (Wildman–Crippen LogP) is 3.10. The smallest absolute Gasteiger partial charge is 0.410 e. The fraction of sp³-hybridized carbons (Fsp3) is 0.706. The molecule has 1 N–H and O–H groups in total. The van der Waals surface area contributed by atoms with Crippen LogP contribution in [0.2, 0.25) is 0 Å². The van der Waals surface area contributed by atoms with Crippen molar-refractivity contribution < 1.29 is 13.9 Å².